The van der Waals surface area contributed by atoms with Crippen molar-refractivity contribution in [2.45, 2.75) is 51.6 Å². The zero-order valence-electron chi connectivity index (χ0n) is 15.0. The Morgan fingerprint density at radius 2 is 1.92 bits per heavy atom. The monoisotopic (exact) mass is 343 g/mol. The number of hydrogen-bond donors (Lipinski definition) is 1. The molecule has 6 heteroatoms. The summed E-state index contributed by atoms with van der Waals surface area (Å²) in [6.45, 7) is 6.16. The van der Waals surface area contributed by atoms with Gasteiger partial charge in [-0.25, -0.2) is 4.79 Å². The van der Waals surface area contributed by atoms with Gasteiger partial charge in [-0.3, -0.25) is 14.5 Å². The Hall–Kier alpha value is -2.37. The maximum atomic E-state index is 12.9. The number of benzene rings is 1. The van der Waals surface area contributed by atoms with E-state index in [0.29, 0.717) is 6.54 Å². The van der Waals surface area contributed by atoms with Crippen LogP contribution in [-0.2, 0) is 15.1 Å². The summed E-state index contributed by atoms with van der Waals surface area (Å²) in [5.74, 6) is -0.539. The number of urea groups is 1. The number of carbonyl (C=O) groups excluding carboxylic acids is 3. The molecule has 2 atom stereocenters. The largest absolute Gasteiger partial charge is 0.338 e. The van der Waals surface area contributed by atoms with Crippen LogP contribution in [0.3, 0.4) is 0 Å². The lowest BCUT2D eigenvalue weighted by molar-refractivity contribution is -0.140. The zero-order valence-corrected chi connectivity index (χ0v) is 15.0. The fraction of sp³-hybridized carbons (Fsp3) is 0.526. The molecule has 6 nitrogen and oxygen atoms in total. The normalized spacial score (nSPS) is 26.8. The van der Waals surface area contributed by atoms with Crippen molar-refractivity contribution in [1.82, 2.24) is 15.1 Å². The molecule has 0 spiro atoms. The van der Waals surface area contributed by atoms with Crippen LogP contribution in [0.25, 0.3) is 0 Å². The molecule has 0 saturated carbocycles. The van der Waals surface area contributed by atoms with Gasteiger partial charge in [0.2, 0.25) is 5.91 Å². The van der Waals surface area contributed by atoms with Crippen LogP contribution in [-0.4, -0.2) is 46.8 Å². The molecule has 0 radical (unpaired) electrons. The molecular formula is C19H25N3O3. The number of nitrogens with zero attached hydrogens (tertiary/aromatic N) is 2. The van der Waals surface area contributed by atoms with Gasteiger partial charge in [-0.15, -0.1) is 0 Å². The highest BCUT2D eigenvalue weighted by Gasteiger charge is 2.49. The molecule has 1 aromatic rings. The Kier molecular flexibility index (Phi) is 4.54. The number of carbonyl (C=O) groups is 3. The molecule has 25 heavy (non-hydrogen) atoms. The number of hydrogen-bond acceptors (Lipinski definition) is 3. The Bertz CT molecular complexity index is 700. The van der Waals surface area contributed by atoms with Crippen molar-refractivity contribution in [2.24, 2.45) is 0 Å². The molecule has 2 aliphatic rings. The molecule has 3 rings (SSSR count). The number of imide groups is 1. The van der Waals surface area contributed by atoms with Crippen LogP contribution < -0.4 is 5.32 Å². The average Bonchev–Trinajstić information content (AvgIpc) is 2.80. The predicted molar refractivity (Wildman–Crippen MR) is 93.8 cm³/mol. The average molecular weight is 343 g/mol. The molecule has 4 amide bonds. The number of amides is 4. The Balaban J connectivity index is 1.77. The second-order valence-corrected chi connectivity index (χ2v) is 7.24. The molecule has 2 aliphatic heterocycles. The van der Waals surface area contributed by atoms with Crippen LogP contribution in [0.15, 0.2) is 24.3 Å². The molecule has 0 unspecified atom stereocenters. The maximum absolute atomic E-state index is 12.9. The predicted octanol–water partition coefficient (Wildman–Crippen LogP) is 2.16. The molecule has 2 fully saturated rings. The summed E-state index contributed by atoms with van der Waals surface area (Å²) in [6.07, 6.45) is 3.05. The van der Waals surface area contributed by atoms with E-state index in [-0.39, 0.29) is 24.4 Å². The lowest BCUT2D eigenvalue weighted by Crippen LogP contribution is -2.48. The summed E-state index contributed by atoms with van der Waals surface area (Å²) in [5, 5.41) is 2.75. The Morgan fingerprint density at radius 1 is 1.24 bits per heavy atom. The van der Waals surface area contributed by atoms with Gasteiger partial charge in [0.15, 0.2) is 0 Å². The van der Waals surface area contributed by atoms with Crippen LogP contribution in [0.2, 0.25) is 0 Å². The second kappa shape index (κ2) is 6.50. The van der Waals surface area contributed by atoms with Crippen LogP contribution in [0.4, 0.5) is 4.79 Å². The third-order valence-electron chi connectivity index (χ3n) is 5.32. The second-order valence-electron chi connectivity index (χ2n) is 7.24. The lowest BCUT2D eigenvalue weighted by Gasteiger charge is -2.34. The topological polar surface area (TPSA) is 69.7 Å². The van der Waals surface area contributed by atoms with Gasteiger partial charge in [0.25, 0.3) is 5.91 Å². The first kappa shape index (κ1) is 17.5. The number of piperidine rings is 1. The van der Waals surface area contributed by atoms with Crippen molar-refractivity contribution >= 4 is 17.8 Å². The third-order valence-corrected chi connectivity index (χ3v) is 5.32. The van der Waals surface area contributed by atoms with Gasteiger partial charge < -0.3 is 10.2 Å². The van der Waals surface area contributed by atoms with E-state index in [0.717, 1.165) is 35.3 Å². The maximum Gasteiger partial charge on any atom is 0.325 e. The summed E-state index contributed by atoms with van der Waals surface area (Å²) in [7, 11) is 0. The molecule has 134 valence electrons. The van der Waals surface area contributed by atoms with E-state index in [4.69, 9.17) is 0 Å². The minimum absolute atomic E-state index is 0.158. The van der Waals surface area contributed by atoms with Crippen molar-refractivity contribution < 1.29 is 14.4 Å². The van der Waals surface area contributed by atoms with Crippen molar-refractivity contribution in [2.75, 3.05) is 13.1 Å². The highest BCUT2D eigenvalue weighted by molar-refractivity contribution is 6.09. The number of likely N-dealkylation sites (tertiary alicyclic amines) is 1. The number of aryl methyl sites for hydroxylation is 1. The van der Waals surface area contributed by atoms with Gasteiger partial charge in [-0.1, -0.05) is 29.8 Å². The van der Waals surface area contributed by atoms with Gasteiger partial charge >= 0.3 is 6.03 Å². The van der Waals surface area contributed by atoms with E-state index in [1.54, 1.807) is 11.8 Å². The quantitative estimate of drug-likeness (QED) is 0.855. The minimum atomic E-state index is -1.13. The van der Waals surface area contributed by atoms with Gasteiger partial charge in [-0.05, 0) is 45.6 Å². The van der Waals surface area contributed by atoms with E-state index in [1.165, 1.54) is 0 Å². The van der Waals surface area contributed by atoms with Gasteiger partial charge in [-0.2, -0.15) is 0 Å². The first-order valence-electron chi connectivity index (χ1n) is 8.83. The van der Waals surface area contributed by atoms with E-state index in [9.17, 15) is 14.4 Å². The standard InChI is InChI=1S/C19H25N3O3/c1-13-7-9-15(10-8-13)19(3)17(24)22(18(25)20-19)12-16(23)21-11-5-4-6-14(21)2/h7-10,14H,4-6,11-12H2,1-3H3,(H,20,25)/t14-,19-/m1/s1. The van der Waals surface area contributed by atoms with Crippen molar-refractivity contribution in [3.63, 3.8) is 0 Å². The first-order chi connectivity index (χ1) is 11.8. The fourth-order valence-electron chi connectivity index (χ4n) is 3.62. The summed E-state index contributed by atoms with van der Waals surface area (Å²) in [5.41, 5.74) is 0.673. The van der Waals surface area contributed by atoms with Crippen molar-refractivity contribution in [3.05, 3.63) is 35.4 Å². The van der Waals surface area contributed by atoms with Gasteiger partial charge in [0.05, 0.1) is 0 Å². The van der Waals surface area contributed by atoms with E-state index < -0.39 is 11.6 Å². The highest BCUT2D eigenvalue weighted by atomic mass is 16.2. The SMILES string of the molecule is Cc1ccc([C@@]2(C)NC(=O)N(CC(=O)N3CCCC[C@H]3C)C2=O)cc1. The zero-order chi connectivity index (χ0) is 18.2. The molecule has 2 saturated heterocycles. The smallest absolute Gasteiger partial charge is 0.325 e. The Morgan fingerprint density at radius 3 is 2.56 bits per heavy atom. The van der Waals surface area contributed by atoms with Crippen LogP contribution in [0, 0.1) is 6.92 Å². The summed E-state index contributed by atoms with van der Waals surface area (Å²) < 4.78 is 0. The first-order valence-corrected chi connectivity index (χ1v) is 8.83. The van der Waals surface area contributed by atoms with Gasteiger partial charge in [0.1, 0.15) is 12.1 Å². The van der Waals surface area contributed by atoms with Gasteiger partial charge in [0, 0.05) is 12.6 Å². The number of nitrogens with one attached hydrogen (secondary N) is 1. The molecule has 2 heterocycles. The molecule has 0 aliphatic carbocycles. The summed E-state index contributed by atoms with van der Waals surface area (Å²) in [6, 6.07) is 7.14. The third kappa shape index (κ3) is 3.13. The van der Waals surface area contributed by atoms with Crippen LogP contribution in [0.5, 0.6) is 0 Å². The molecular weight excluding hydrogens is 318 g/mol. The molecule has 1 N–H and O–H groups in total. The van der Waals surface area contributed by atoms with E-state index in [2.05, 4.69) is 5.32 Å². The molecule has 1 aromatic carbocycles. The molecule has 0 aromatic heterocycles. The van der Waals surface area contributed by atoms with Crippen LogP contribution >= 0.6 is 0 Å². The summed E-state index contributed by atoms with van der Waals surface area (Å²) >= 11 is 0. The van der Waals surface area contributed by atoms with Crippen LogP contribution in [0.1, 0.15) is 44.2 Å². The number of rotatable bonds is 3. The van der Waals surface area contributed by atoms with E-state index >= 15 is 0 Å². The molecule has 0 bridgehead atoms. The Labute approximate surface area is 148 Å². The highest BCUT2D eigenvalue weighted by Crippen LogP contribution is 2.29. The fourth-order valence-corrected chi connectivity index (χ4v) is 3.62. The lowest BCUT2D eigenvalue weighted by atomic mass is 9.91. The van der Waals surface area contributed by atoms with Crippen molar-refractivity contribution in [1.29, 1.82) is 0 Å². The van der Waals surface area contributed by atoms with Crippen molar-refractivity contribution in [3.8, 4) is 0 Å². The summed E-state index contributed by atoms with van der Waals surface area (Å²) in [4.78, 5) is 40.7. The minimum Gasteiger partial charge on any atom is -0.338 e. The van der Waals surface area contributed by atoms with E-state index in [1.807, 2.05) is 38.1 Å².